The van der Waals surface area contributed by atoms with Gasteiger partial charge in [-0.15, -0.1) is 0 Å². The molecule has 0 spiro atoms. The molecule has 0 aromatic carbocycles. The Balaban J connectivity index is 3.83. The summed E-state index contributed by atoms with van der Waals surface area (Å²) in [4.78, 5) is 12.1. The summed E-state index contributed by atoms with van der Waals surface area (Å²) < 4.78 is 0. The molecule has 2 heteroatoms. The van der Waals surface area contributed by atoms with Crippen LogP contribution >= 0.6 is 0 Å². The van der Waals surface area contributed by atoms with Gasteiger partial charge in [-0.3, -0.25) is 4.79 Å². The highest BCUT2D eigenvalue weighted by molar-refractivity contribution is 5.78. The van der Waals surface area contributed by atoms with Crippen molar-refractivity contribution in [1.29, 1.82) is 0 Å². The van der Waals surface area contributed by atoms with Gasteiger partial charge in [0, 0.05) is 12.5 Å². The molecule has 21 heavy (non-hydrogen) atoms. The molecule has 0 heterocycles. The van der Waals surface area contributed by atoms with Gasteiger partial charge < -0.3 is 5.32 Å². The van der Waals surface area contributed by atoms with Crippen LogP contribution in [0.5, 0.6) is 0 Å². The fourth-order valence-corrected chi connectivity index (χ4v) is 2.89. The predicted molar refractivity (Wildman–Crippen MR) is 93.5 cm³/mol. The average Bonchev–Trinajstić information content (AvgIpc) is 2.48. The molecular weight excluding hydrogens is 258 g/mol. The molecule has 0 bridgehead atoms. The molecule has 0 rings (SSSR count). The Morgan fingerprint density at radius 1 is 0.714 bits per heavy atom. The van der Waals surface area contributed by atoms with Crippen LogP contribution in [0.2, 0.25) is 0 Å². The van der Waals surface area contributed by atoms with E-state index < -0.39 is 0 Å². The molecule has 0 aromatic heterocycles. The molecule has 126 valence electrons. The molecule has 0 fully saturated rings. The molecule has 0 aliphatic rings. The second-order valence-corrected chi connectivity index (χ2v) is 6.35. The van der Waals surface area contributed by atoms with Crippen LogP contribution in [-0.2, 0) is 4.79 Å². The molecule has 0 saturated heterocycles. The van der Waals surface area contributed by atoms with Crippen molar-refractivity contribution in [2.45, 2.75) is 104 Å². The highest BCUT2D eigenvalue weighted by Gasteiger charge is 2.16. The van der Waals surface area contributed by atoms with Gasteiger partial charge in [0.15, 0.2) is 0 Å². The van der Waals surface area contributed by atoms with E-state index in [1.165, 1.54) is 70.6 Å². The number of nitrogens with one attached hydrogen (secondary N) is 1. The van der Waals surface area contributed by atoms with Crippen molar-refractivity contribution in [3.63, 3.8) is 0 Å². The Bertz CT molecular complexity index is 228. The first kappa shape index (κ1) is 20.5. The number of hydrogen-bond acceptors (Lipinski definition) is 1. The van der Waals surface area contributed by atoms with E-state index >= 15 is 0 Å². The molecule has 1 amide bonds. The molecule has 1 unspecified atom stereocenters. The maximum absolute atomic E-state index is 12.1. The molecule has 0 aliphatic heterocycles. The maximum Gasteiger partial charge on any atom is 0.223 e. The summed E-state index contributed by atoms with van der Waals surface area (Å²) in [5.41, 5.74) is 0. The topological polar surface area (TPSA) is 29.1 Å². The summed E-state index contributed by atoms with van der Waals surface area (Å²) in [7, 11) is 0. The minimum Gasteiger partial charge on any atom is -0.356 e. The maximum atomic E-state index is 12.1. The van der Waals surface area contributed by atoms with Gasteiger partial charge in [0.25, 0.3) is 0 Å². The number of unbranched alkanes of at least 4 members (excludes halogenated alkanes) is 9. The molecule has 2 nitrogen and oxygen atoms in total. The second kappa shape index (κ2) is 15.9. The van der Waals surface area contributed by atoms with Crippen LogP contribution in [-0.4, -0.2) is 12.5 Å². The standard InChI is InChI=1S/C19H39NO/c1-4-7-9-11-13-15-17-18(19(21)20-6-3)16-14-12-10-8-5-2/h18H,4-17H2,1-3H3,(H,20,21). The minimum atomic E-state index is 0.262. The van der Waals surface area contributed by atoms with Crippen LogP contribution < -0.4 is 5.32 Å². The molecule has 0 aliphatic carbocycles. The van der Waals surface area contributed by atoms with Gasteiger partial charge in [-0.05, 0) is 19.8 Å². The zero-order chi connectivity index (χ0) is 15.8. The van der Waals surface area contributed by atoms with E-state index in [1.54, 1.807) is 0 Å². The average molecular weight is 298 g/mol. The third-order valence-electron chi connectivity index (χ3n) is 4.28. The van der Waals surface area contributed by atoms with E-state index in [-0.39, 0.29) is 5.92 Å². The van der Waals surface area contributed by atoms with Crippen LogP contribution in [0, 0.1) is 5.92 Å². The van der Waals surface area contributed by atoms with Crippen LogP contribution in [0.15, 0.2) is 0 Å². The van der Waals surface area contributed by atoms with Crippen molar-refractivity contribution >= 4 is 5.91 Å². The number of rotatable bonds is 15. The van der Waals surface area contributed by atoms with Gasteiger partial charge in [0.1, 0.15) is 0 Å². The highest BCUT2D eigenvalue weighted by Crippen LogP contribution is 2.19. The molecule has 1 N–H and O–H groups in total. The minimum absolute atomic E-state index is 0.262. The second-order valence-electron chi connectivity index (χ2n) is 6.35. The van der Waals surface area contributed by atoms with E-state index in [4.69, 9.17) is 0 Å². The van der Waals surface area contributed by atoms with Crippen LogP contribution in [0.3, 0.4) is 0 Å². The van der Waals surface area contributed by atoms with Gasteiger partial charge in [-0.25, -0.2) is 0 Å². The Kier molecular flexibility index (Phi) is 15.5. The first-order valence-corrected chi connectivity index (χ1v) is 9.53. The quantitative estimate of drug-likeness (QED) is 0.377. The Labute approximate surface area is 133 Å². The van der Waals surface area contributed by atoms with Crippen molar-refractivity contribution in [2.24, 2.45) is 5.92 Å². The number of amides is 1. The van der Waals surface area contributed by atoms with E-state index in [9.17, 15) is 4.79 Å². The summed E-state index contributed by atoms with van der Waals surface area (Å²) in [6.07, 6.45) is 16.5. The largest absolute Gasteiger partial charge is 0.356 e. The van der Waals surface area contributed by atoms with Crippen LogP contribution in [0.25, 0.3) is 0 Å². The van der Waals surface area contributed by atoms with E-state index in [0.717, 1.165) is 19.4 Å². The molecule has 1 atom stereocenters. The van der Waals surface area contributed by atoms with Crippen molar-refractivity contribution < 1.29 is 4.79 Å². The van der Waals surface area contributed by atoms with Crippen LogP contribution in [0.4, 0.5) is 0 Å². The van der Waals surface area contributed by atoms with Crippen molar-refractivity contribution in [1.82, 2.24) is 5.32 Å². The lowest BCUT2D eigenvalue weighted by atomic mass is 9.93. The van der Waals surface area contributed by atoms with Crippen LogP contribution in [0.1, 0.15) is 104 Å². The zero-order valence-corrected chi connectivity index (χ0v) is 14.9. The summed E-state index contributed by atoms with van der Waals surface area (Å²) in [5.74, 6) is 0.555. The Hall–Kier alpha value is -0.530. The van der Waals surface area contributed by atoms with Crippen molar-refractivity contribution in [3.8, 4) is 0 Å². The lowest BCUT2D eigenvalue weighted by molar-refractivity contribution is -0.125. The van der Waals surface area contributed by atoms with Gasteiger partial charge in [0.05, 0.1) is 0 Å². The number of carbonyl (C=O) groups is 1. The summed E-state index contributed by atoms with van der Waals surface area (Å²) in [5, 5.41) is 3.02. The van der Waals surface area contributed by atoms with E-state index in [0.29, 0.717) is 5.91 Å². The first-order valence-electron chi connectivity index (χ1n) is 9.53. The smallest absolute Gasteiger partial charge is 0.223 e. The van der Waals surface area contributed by atoms with Gasteiger partial charge in [-0.2, -0.15) is 0 Å². The summed E-state index contributed by atoms with van der Waals surface area (Å²) in [6, 6.07) is 0. The summed E-state index contributed by atoms with van der Waals surface area (Å²) >= 11 is 0. The fourth-order valence-electron chi connectivity index (χ4n) is 2.89. The normalized spacial score (nSPS) is 12.3. The zero-order valence-electron chi connectivity index (χ0n) is 14.9. The third-order valence-corrected chi connectivity index (χ3v) is 4.28. The number of hydrogen-bond donors (Lipinski definition) is 1. The Morgan fingerprint density at radius 2 is 1.14 bits per heavy atom. The lowest BCUT2D eigenvalue weighted by Crippen LogP contribution is -2.30. The van der Waals surface area contributed by atoms with Gasteiger partial charge in [-0.1, -0.05) is 84.5 Å². The van der Waals surface area contributed by atoms with Gasteiger partial charge in [0.2, 0.25) is 5.91 Å². The van der Waals surface area contributed by atoms with Gasteiger partial charge >= 0.3 is 0 Å². The predicted octanol–water partition coefficient (Wildman–Crippen LogP) is 5.85. The van der Waals surface area contributed by atoms with Crippen molar-refractivity contribution in [3.05, 3.63) is 0 Å². The third kappa shape index (κ3) is 12.9. The monoisotopic (exact) mass is 297 g/mol. The SMILES string of the molecule is CCCCCCCCC(CCCCCCC)C(=O)NCC. The lowest BCUT2D eigenvalue weighted by Gasteiger charge is -2.16. The molecule has 0 aromatic rings. The molecule has 0 radical (unpaired) electrons. The highest BCUT2D eigenvalue weighted by atomic mass is 16.1. The Morgan fingerprint density at radius 3 is 1.57 bits per heavy atom. The molecule has 0 saturated carbocycles. The fraction of sp³-hybridized carbons (Fsp3) is 0.947. The van der Waals surface area contributed by atoms with E-state index in [1.807, 2.05) is 6.92 Å². The number of carbonyl (C=O) groups excluding carboxylic acids is 1. The van der Waals surface area contributed by atoms with Crippen molar-refractivity contribution in [2.75, 3.05) is 6.54 Å². The molecular formula is C19H39NO. The van der Waals surface area contributed by atoms with E-state index in [2.05, 4.69) is 19.2 Å². The first-order chi connectivity index (χ1) is 10.3. The summed E-state index contributed by atoms with van der Waals surface area (Å²) in [6.45, 7) is 7.28.